The van der Waals surface area contributed by atoms with Crippen molar-refractivity contribution in [2.24, 2.45) is 0 Å². The molecule has 58 heavy (non-hydrogen) atoms. The second kappa shape index (κ2) is 14.2. The van der Waals surface area contributed by atoms with Crippen LogP contribution in [0.2, 0.25) is 0 Å². The summed E-state index contributed by atoms with van der Waals surface area (Å²) in [6.45, 7) is 3.91. The highest BCUT2D eigenvalue weighted by Gasteiger charge is 2.28. The lowest BCUT2D eigenvalue weighted by Crippen LogP contribution is -2.12. The van der Waals surface area contributed by atoms with Gasteiger partial charge < -0.3 is 9.32 Å². The summed E-state index contributed by atoms with van der Waals surface area (Å²) in [5.41, 5.74) is 11.0. The quantitative estimate of drug-likeness (QED) is 0.143. The molecule has 274 valence electrons. The predicted molar refractivity (Wildman–Crippen MR) is 253 cm³/mol. The molecular formula is C54H35NOS2. The summed E-state index contributed by atoms with van der Waals surface area (Å²) in [5.74, 6) is 0. The Kier molecular flexibility index (Phi) is 8.39. The average Bonchev–Trinajstić information content (AvgIpc) is 3.98. The average molecular weight is 778 g/mol. The number of anilines is 3. The van der Waals surface area contributed by atoms with E-state index in [0.29, 0.717) is 0 Å². The first-order valence-electron chi connectivity index (χ1n) is 19.5. The van der Waals surface area contributed by atoms with Gasteiger partial charge in [-0.2, -0.15) is 0 Å². The molecule has 2 nitrogen and oxygen atoms in total. The Morgan fingerprint density at radius 1 is 0.466 bits per heavy atom. The Labute approximate surface area is 344 Å². The van der Waals surface area contributed by atoms with E-state index in [0.717, 1.165) is 44.6 Å². The molecule has 4 heteroatoms. The molecule has 0 bridgehead atoms. The summed E-state index contributed by atoms with van der Waals surface area (Å²) in [7, 11) is 0. The van der Waals surface area contributed by atoms with Gasteiger partial charge in [-0.05, 0) is 70.3 Å². The van der Waals surface area contributed by atoms with Gasteiger partial charge in [-0.1, -0.05) is 164 Å². The van der Waals surface area contributed by atoms with Crippen molar-refractivity contribution in [2.75, 3.05) is 4.90 Å². The van der Waals surface area contributed by atoms with Crippen molar-refractivity contribution in [1.29, 1.82) is 0 Å². The Hall–Kier alpha value is -6.98. The molecule has 0 amide bonds. The van der Waals surface area contributed by atoms with E-state index >= 15 is 0 Å². The van der Waals surface area contributed by atoms with E-state index in [4.69, 9.17) is 4.42 Å². The summed E-state index contributed by atoms with van der Waals surface area (Å²) in [6.07, 6.45) is 10.1. The third-order valence-corrected chi connectivity index (χ3v) is 13.5. The van der Waals surface area contributed by atoms with Gasteiger partial charge in [0, 0.05) is 41.0 Å². The molecule has 0 spiro atoms. The predicted octanol–water partition coefficient (Wildman–Crippen LogP) is 16.9. The highest BCUT2D eigenvalue weighted by molar-refractivity contribution is 7.27. The van der Waals surface area contributed by atoms with E-state index < -0.39 is 0 Å². The number of furan rings is 1. The van der Waals surface area contributed by atoms with Gasteiger partial charge >= 0.3 is 0 Å². The van der Waals surface area contributed by atoms with Crippen LogP contribution in [-0.2, 0) is 0 Å². The van der Waals surface area contributed by atoms with Crippen molar-refractivity contribution in [3.63, 3.8) is 0 Å². The van der Waals surface area contributed by atoms with Crippen molar-refractivity contribution in [2.45, 2.75) is 0 Å². The summed E-state index contributed by atoms with van der Waals surface area (Å²) in [5, 5.41) is 7.14. The normalized spacial score (nSPS) is 12.1. The fourth-order valence-electron chi connectivity index (χ4n) is 8.47. The van der Waals surface area contributed by atoms with E-state index in [1.807, 2.05) is 47.0 Å². The maximum absolute atomic E-state index is 6.65. The Balaban J connectivity index is 1.30. The number of hydrogen-bond donors (Lipinski definition) is 0. The number of hydrogen-bond acceptors (Lipinski definition) is 4. The summed E-state index contributed by atoms with van der Waals surface area (Å²) in [6, 6.07) is 61.4. The molecule has 0 saturated carbocycles. The maximum atomic E-state index is 6.65. The summed E-state index contributed by atoms with van der Waals surface area (Å²) < 4.78 is 11.7. The lowest BCUT2D eigenvalue weighted by Gasteiger charge is -2.29. The molecule has 0 aliphatic carbocycles. The number of para-hydroxylation sites is 1. The largest absolute Gasteiger partial charge is 0.456 e. The van der Waals surface area contributed by atoms with Crippen molar-refractivity contribution in [3.8, 4) is 22.3 Å². The maximum Gasteiger partial charge on any atom is 0.137 e. The second-order valence-electron chi connectivity index (χ2n) is 14.4. The first-order chi connectivity index (χ1) is 28.7. The van der Waals surface area contributed by atoms with E-state index in [1.165, 1.54) is 62.6 Å². The van der Waals surface area contributed by atoms with Gasteiger partial charge in [0.2, 0.25) is 0 Å². The molecule has 0 N–H and O–H groups in total. The van der Waals surface area contributed by atoms with Crippen molar-refractivity contribution in [1.82, 2.24) is 0 Å². The molecular weight excluding hydrogens is 743 g/mol. The van der Waals surface area contributed by atoms with Gasteiger partial charge in [0.1, 0.15) is 11.2 Å². The molecule has 3 heterocycles. The Morgan fingerprint density at radius 2 is 1.21 bits per heavy atom. The van der Waals surface area contributed by atoms with Gasteiger partial charge in [0.15, 0.2) is 0 Å². The van der Waals surface area contributed by atoms with Gasteiger partial charge in [-0.15, -0.1) is 22.7 Å². The van der Waals surface area contributed by atoms with Gasteiger partial charge in [0.25, 0.3) is 0 Å². The Bertz CT molecular complexity index is 3420. The van der Waals surface area contributed by atoms with E-state index in [1.54, 1.807) is 0 Å². The summed E-state index contributed by atoms with van der Waals surface area (Å²) >= 11 is 3.73. The first kappa shape index (κ1) is 34.3. The van der Waals surface area contributed by atoms with E-state index in [2.05, 4.69) is 187 Å². The molecule has 11 aromatic rings. The molecule has 0 unspecified atom stereocenters. The van der Waals surface area contributed by atoms with Crippen LogP contribution in [0.1, 0.15) is 5.56 Å². The second-order valence-corrected chi connectivity index (χ2v) is 16.5. The van der Waals surface area contributed by atoms with Crippen molar-refractivity contribution < 1.29 is 4.42 Å². The van der Waals surface area contributed by atoms with Crippen molar-refractivity contribution in [3.05, 3.63) is 206 Å². The zero-order chi connectivity index (χ0) is 38.6. The van der Waals surface area contributed by atoms with Gasteiger partial charge in [-0.3, -0.25) is 0 Å². The smallest absolute Gasteiger partial charge is 0.137 e. The zero-order valence-corrected chi connectivity index (χ0v) is 33.1. The lowest BCUT2D eigenvalue weighted by molar-refractivity contribution is 0.669. The Morgan fingerprint density at radius 3 is 2.05 bits per heavy atom. The standard InChI is InChI=1S/C54H35NOS2/c1-2-3-4-7-21-37-29-33-47-51(42-23-12-14-26-46(42)56-47)52(37)55(45-25-16-24-41-40-22-13-15-27-48(40)57-53(41)45)44-32-31-39(36-19-10-6-11-20-36)54-50(44)43-30-28-38(34-49(43)58-54)35-17-8-5-9-18-35/h2-34H,1H2/b4-3-,21-7+. The third kappa shape index (κ3) is 5.60. The molecule has 0 fully saturated rings. The molecule has 0 aliphatic heterocycles. The monoisotopic (exact) mass is 777 g/mol. The zero-order valence-electron chi connectivity index (χ0n) is 31.4. The third-order valence-electron chi connectivity index (χ3n) is 11.1. The summed E-state index contributed by atoms with van der Waals surface area (Å²) in [4.78, 5) is 2.53. The van der Waals surface area contributed by atoms with Crippen LogP contribution in [0.25, 0.3) is 90.6 Å². The number of thiophene rings is 2. The SMILES string of the molecule is C=C/C=C\C=C\c1ccc2oc3ccccc3c2c1N(c1cccc2c1sc1ccccc12)c1ccc(-c2ccccc2)c2sc3cc(-c4ccccc4)ccc3c12. The molecule has 0 aliphatic rings. The fraction of sp³-hybridized carbons (Fsp3) is 0. The highest BCUT2D eigenvalue weighted by Crippen LogP contribution is 2.54. The number of fused-ring (bicyclic) bond motifs is 9. The van der Waals surface area contributed by atoms with Crippen molar-refractivity contribution >= 4 is 108 Å². The minimum Gasteiger partial charge on any atom is -0.456 e. The molecule has 11 rings (SSSR count). The number of benzene rings is 8. The van der Waals surface area contributed by atoms with E-state index in [-0.39, 0.29) is 0 Å². The number of allylic oxidation sites excluding steroid dienone is 4. The van der Waals surface area contributed by atoms with Crippen LogP contribution in [0, 0.1) is 0 Å². The van der Waals surface area contributed by atoms with Gasteiger partial charge in [0.05, 0.1) is 27.1 Å². The lowest BCUT2D eigenvalue weighted by atomic mass is 9.97. The van der Waals surface area contributed by atoms with Crippen LogP contribution in [0.5, 0.6) is 0 Å². The van der Waals surface area contributed by atoms with Crippen LogP contribution in [-0.4, -0.2) is 0 Å². The molecule has 0 radical (unpaired) electrons. The minimum absolute atomic E-state index is 0.850. The molecule has 8 aromatic carbocycles. The minimum atomic E-state index is 0.850. The van der Waals surface area contributed by atoms with Gasteiger partial charge in [-0.25, -0.2) is 0 Å². The van der Waals surface area contributed by atoms with Crippen LogP contribution in [0.4, 0.5) is 17.1 Å². The van der Waals surface area contributed by atoms with Crippen LogP contribution >= 0.6 is 22.7 Å². The molecule has 3 aromatic heterocycles. The molecule has 0 saturated heterocycles. The number of nitrogens with zero attached hydrogens (tertiary/aromatic N) is 1. The first-order valence-corrected chi connectivity index (χ1v) is 21.1. The van der Waals surface area contributed by atoms with Crippen LogP contribution < -0.4 is 4.90 Å². The topological polar surface area (TPSA) is 16.4 Å². The van der Waals surface area contributed by atoms with Crippen LogP contribution in [0.15, 0.2) is 205 Å². The van der Waals surface area contributed by atoms with Crippen LogP contribution in [0.3, 0.4) is 0 Å². The fourth-order valence-corrected chi connectivity index (χ4v) is 11.0. The number of rotatable bonds is 8. The highest BCUT2D eigenvalue weighted by atomic mass is 32.1. The molecule has 0 atom stereocenters. The van der Waals surface area contributed by atoms with E-state index in [9.17, 15) is 0 Å².